The van der Waals surface area contributed by atoms with Crippen LogP contribution in [0.3, 0.4) is 0 Å². The molecule has 0 aliphatic carbocycles. The van der Waals surface area contributed by atoms with Crippen molar-refractivity contribution in [3.8, 4) is 0 Å². The first-order valence-corrected chi connectivity index (χ1v) is 10.1. The second-order valence-electron chi connectivity index (χ2n) is 7.10. The Labute approximate surface area is 170 Å². The smallest absolute Gasteiger partial charge is 0.255 e. The molecule has 1 saturated heterocycles. The molecule has 1 aliphatic heterocycles. The first kappa shape index (κ1) is 18.8. The van der Waals surface area contributed by atoms with Gasteiger partial charge in [0.2, 0.25) is 0 Å². The van der Waals surface area contributed by atoms with E-state index < -0.39 is 0 Å². The van der Waals surface area contributed by atoms with Gasteiger partial charge in [-0.1, -0.05) is 48.9 Å². The van der Waals surface area contributed by atoms with E-state index in [9.17, 15) is 4.79 Å². The fourth-order valence-corrected chi connectivity index (χ4v) is 3.89. The van der Waals surface area contributed by atoms with Crippen molar-refractivity contribution in [1.82, 2.24) is 4.90 Å². The normalized spacial score (nSPS) is 15.0. The number of carbonyl (C=O) groups excluding carboxylic acids is 1. The van der Waals surface area contributed by atoms with Crippen LogP contribution in [0.2, 0.25) is 5.02 Å². The highest BCUT2D eigenvalue weighted by Crippen LogP contribution is 2.30. The standard InChI is InChI=1S/C23H24ClN3O/c1-2-26-11-13-27(14-12-26)22-10-9-20(24)16-21(22)25-23(28)19-8-7-17-5-3-4-6-18(17)15-19/h3-10,15-16H,2,11-14H2,1H3,(H,25,28). The predicted octanol–water partition coefficient (Wildman–Crippen LogP) is 4.89. The van der Waals surface area contributed by atoms with Crippen molar-refractivity contribution in [2.24, 2.45) is 0 Å². The molecule has 0 unspecified atom stereocenters. The molecular formula is C23H24ClN3O. The maximum atomic E-state index is 12.9. The van der Waals surface area contributed by atoms with Gasteiger partial charge in [0, 0.05) is 36.8 Å². The average Bonchev–Trinajstić information content (AvgIpc) is 2.73. The van der Waals surface area contributed by atoms with Crippen LogP contribution in [0.25, 0.3) is 10.8 Å². The third-order valence-corrected chi connectivity index (χ3v) is 5.61. The minimum absolute atomic E-state index is 0.124. The summed E-state index contributed by atoms with van der Waals surface area (Å²) in [4.78, 5) is 17.7. The summed E-state index contributed by atoms with van der Waals surface area (Å²) in [5.74, 6) is -0.124. The molecule has 1 amide bonds. The van der Waals surface area contributed by atoms with E-state index in [1.807, 2.05) is 60.7 Å². The van der Waals surface area contributed by atoms with E-state index in [1.165, 1.54) is 0 Å². The van der Waals surface area contributed by atoms with Crippen LogP contribution in [0.15, 0.2) is 60.7 Å². The van der Waals surface area contributed by atoms with Gasteiger partial charge in [0.15, 0.2) is 0 Å². The number of amides is 1. The van der Waals surface area contributed by atoms with Crippen LogP contribution in [-0.4, -0.2) is 43.5 Å². The molecule has 5 heteroatoms. The number of anilines is 2. The highest BCUT2D eigenvalue weighted by molar-refractivity contribution is 6.31. The van der Waals surface area contributed by atoms with E-state index in [4.69, 9.17) is 11.6 Å². The maximum absolute atomic E-state index is 12.9. The summed E-state index contributed by atoms with van der Waals surface area (Å²) in [7, 11) is 0. The van der Waals surface area contributed by atoms with Crippen LogP contribution in [-0.2, 0) is 0 Å². The quantitative estimate of drug-likeness (QED) is 0.685. The summed E-state index contributed by atoms with van der Waals surface area (Å²) < 4.78 is 0. The molecule has 0 bridgehead atoms. The Morgan fingerprint density at radius 2 is 1.71 bits per heavy atom. The van der Waals surface area contributed by atoms with E-state index in [-0.39, 0.29) is 5.91 Å². The van der Waals surface area contributed by atoms with Crippen LogP contribution in [0.1, 0.15) is 17.3 Å². The zero-order chi connectivity index (χ0) is 19.5. The van der Waals surface area contributed by atoms with Crippen LogP contribution in [0, 0.1) is 0 Å². The van der Waals surface area contributed by atoms with E-state index in [1.54, 1.807) is 0 Å². The lowest BCUT2D eigenvalue weighted by atomic mass is 10.1. The molecule has 0 atom stereocenters. The molecule has 144 valence electrons. The summed E-state index contributed by atoms with van der Waals surface area (Å²) in [5, 5.41) is 5.87. The van der Waals surface area contributed by atoms with Crippen molar-refractivity contribution in [3.05, 3.63) is 71.2 Å². The van der Waals surface area contributed by atoms with E-state index >= 15 is 0 Å². The van der Waals surface area contributed by atoms with Gasteiger partial charge in [-0.25, -0.2) is 0 Å². The molecule has 4 nitrogen and oxygen atoms in total. The van der Waals surface area contributed by atoms with Crippen LogP contribution >= 0.6 is 11.6 Å². The van der Waals surface area contributed by atoms with Crippen molar-refractivity contribution in [2.75, 3.05) is 42.9 Å². The Kier molecular flexibility index (Phi) is 5.51. The highest BCUT2D eigenvalue weighted by Gasteiger charge is 2.19. The number of hydrogen-bond acceptors (Lipinski definition) is 3. The van der Waals surface area contributed by atoms with Crippen molar-refractivity contribution in [3.63, 3.8) is 0 Å². The number of carbonyl (C=O) groups is 1. The number of rotatable bonds is 4. The van der Waals surface area contributed by atoms with E-state index in [0.29, 0.717) is 10.6 Å². The molecule has 3 aromatic rings. The highest BCUT2D eigenvalue weighted by atomic mass is 35.5. The Morgan fingerprint density at radius 1 is 0.964 bits per heavy atom. The number of likely N-dealkylation sites (N-methyl/N-ethyl adjacent to an activating group) is 1. The van der Waals surface area contributed by atoms with Gasteiger partial charge < -0.3 is 15.1 Å². The van der Waals surface area contributed by atoms with Crippen LogP contribution in [0.4, 0.5) is 11.4 Å². The number of hydrogen-bond donors (Lipinski definition) is 1. The second kappa shape index (κ2) is 8.21. The maximum Gasteiger partial charge on any atom is 0.255 e. The molecule has 1 N–H and O–H groups in total. The molecule has 0 saturated carbocycles. The van der Waals surface area contributed by atoms with Gasteiger partial charge in [0.05, 0.1) is 11.4 Å². The molecule has 0 radical (unpaired) electrons. The summed E-state index contributed by atoms with van der Waals surface area (Å²) >= 11 is 6.23. The summed E-state index contributed by atoms with van der Waals surface area (Å²) in [6.07, 6.45) is 0. The average molecular weight is 394 g/mol. The topological polar surface area (TPSA) is 35.6 Å². The molecule has 0 spiro atoms. The molecule has 4 rings (SSSR count). The van der Waals surface area contributed by atoms with Gasteiger partial charge in [-0.15, -0.1) is 0 Å². The number of fused-ring (bicyclic) bond motifs is 1. The lowest BCUT2D eigenvalue weighted by Crippen LogP contribution is -2.46. The molecule has 3 aromatic carbocycles. The minimum atomic E-state index is -0.124. The predicted molar refractivity (Wildman–Crippen MR) is 118 cm³/mol. The van der Waals surface area contributed by atoms with Gasteiger partial charge in [-0.2, -0.15) is 0 Å². The summed E-state index contributed by atoms with van der Waals surface area (Å²) in [6, 6.07) is 19.5. The lowest BCUT2D eigenvalue weighted by molar-refractivity contribution is 0.102. The molecule has 0 aromatic heterocycles. The van der Waals surface area contributed by atoms with Gasteiger partial charge in [0.25, 0.3) is 5.91 Å². The Bertz CT molecular complexity index is 996. The van der Waals surface area contributed by atoms with Crippen molar-refractivity contribution >= 4 is 39.7 Å². The van der Waals surface area contributed by atoms with Crippen molar-refractivity contribution in [2.45, 2.75) is 6.92 Å². The number of nitrogens with one attached hydrogen (secondary N) is 1. The number of nitrogens with zero attached hydrogens (tertiary/aromatic N) is 2. The van der Waals surface area contributed by atoms with Crippen LogP contribution in [0.5, 0.6) is 0 Å². The van der Waals surface area contributed by atoms with Gasteiger partial charge in [0.1, 0.15) is 0 Å². The fourth-order valence-electron chi connectivity index (χ4n) is 3.71. The van der Waals surface area contributed by atoms with Crippen LogP contribution < -0.4 is 10.2 Å². The summed E-state index contributed by atoms with van der Waals surface area (Å²) in [5.41, 5.74) is 2.42. The Balaban J connectivity index is 1.58. The first-order valence-electron chi connectivity index (χ1n) is 9.71. The molecule has 1 heterocycles. The lowest BCUT2D eigenvalue weighted by Gasteiger charge is -2.36. The monoisotopic (exact) mass is 393 g/mol. The molecule has 1 fully saturated rings. The number of piperazine rings is 1. The minimum Gasteiger partial charge on any atom is -0.367 e. The molecular weight excluding hydrogens is 370 g/mol. The first-order chi connectivity index (χ1) is 13.6. The van der Waals surface area contributed by atoms with Gasteiger partial charge in [-0.3, -0.25) is 4.79 Å². The molecule has 1 aliphatic rings. The zero-order valence-corrected chi connectivity index (χ0v) is 16.7. The third kappa shape index (κ3) is 3.98. The van der Waals surface area contributed by atoms with Crippen molar-refractivity contribution in [1.29, 1.82) is 0 Å². The van der Waals surface area contributed by atoms with Crippen molar-refractivity contribution < 1.29 is 4.79 Å². The summed E-state index contributed by atoms with van der Waals surface area (Å²) in [6.45, 7) is 7.18. The third-order valence-electron chi connectivity index (χ3n) is 5.38. The van der Waals surface area contributed by atoms with Gasteiger partial charge in [-0.05, 0) is 47.6 Å². The Morgan fingerprint density at radius 3 is 2.46 bits per heavy atom. The number of halogens is 1. The second-order valence-corrected chi connectivity index (χ2v) is 7.54. The zero-order valence-electron chi connectivity index (χ0n) is 16.0. The van der Waals surface area contributed by atoms with E-state index in [0.717, 1.165) is 54.9 Å². The van der Waals surface area contributed by atoms with E-state index in [2.05, 4.69) is 22.0 Å². The number of benzene rings is 3. The van der Waals surface area contributed by atoms with Gasteiger partial charge >= 0.3 is 0 Å². The molecule has 28 heavy (non-hydrogen) atoms. The Hall–Kier alpha value is -2.56. The fraction of sp³-hybridized carbons (Fsp3) is 0.261. The largest absolute Gasteiger partial charge is 0.367 e. The SMILES string of the molecule is CCN1CCN(c2ccc(Cl)cc2NC(=O)c2ccc3ccccc3c2)CC1.